The first-order chi connectivity index (χ1) is 15.8. The van der Waals surface area contributed by atoms with Gasteiger partial charge < -0.3 is 10.2 Å². The van der Waals surface area contributed by atoms with Gasteiger partial charge in [-0.25, -0.2) is 0 Å². The summed E-state index contributed by atoms with van der Waals surface area (Å²) in [6.45, 7) is 5.59. The molecule has 0 spiro atoms. The highest BCUT2D eigenvalue weighted by atomic mass is 35.5. The first kappa shape index (κ1) is 23.5. The Bertz CT molecular complexity index is 1190. The van der Waals surface area contributed by atoms with E-state index in [-0.39, 0.29) is 16.7 Å². The van der Waals surface area contributed by atoms with E-state index in [0.29, 0.717) is 54.5 Å². The van der Waals surface area contributed by atoms with E-state index in [1.165, 1.54) is 5.56 Å². The summed E-state index contributed by atoms with van der Waals surface area (Å²) in [5.41, 5.74) is 3.57. The molecule has 1 fully saturated rings. The number of piperidine rings is 1. The van der Waals surface area contributed by atoms with E-state index >= 15 is 0 Å². The lowest BCUT2D eigenvalue weighted by Crippen LogP contribution is -2.43. The summed E-state index contributed by atoms with van der Waals surface area (Å²) >= 11 is 5.95. The zero-order chi connectivity index (χ0) is 23.6. The Morgan fingerprint density at radius 1 is 1.06 bits per heavy atom. The fourth-order valence-corrected chi connectivity index (χ4v) is 5.97. The minimum absolute atomic E-state index is 0.0457. The number of hydrogen-bond acceptors (Lipinski definition) is 4. The van der Waals surface area contributed by atoms with Crippen LogP contribution in [-0.4, -0.2) is 38.2 Å². The SMILES string of the molecule is CCc1ccc(CNC(=O)C2CCN(C3=NS(=O)(=O)C(c4ccc(Cl)cc4)=C3C)CC2)cc1. The molecule has 0 radical (unpaired) electrons. The fraction of sp³-hybridized carbons (Fsp3) is 0.360. The van der Waals surface area contributed by atoms with Crippen molar-refractivity contribution in [3.63, 3.8) is 0 Å². The van der Waals surface area contributed by atoms with Crippen LogP contribution in [0.5, 0.6) is 0 Å². The van der Waals surface area contributed by atoms with Crippen LogP contribution in [0, 0.1) is 5.92 Å². The number of amidine groups is 1. The van der Waals surface area contributed by atoms with Gasteiger partial charge in [0.2, 0.25) is 5.91 Å². The van der Waals surface area contributed by atoms with Gasteiger partial charge in [0.15, 0.2) is 0 Å². The molecule has 174 valence electrons. The molecule has 0 saturated carbocycles. The second-order valence-corrected chi connectivity index (χ2v) is 10.5. The Morgan fingerprint density at radius 2 is 1.67 bits per heavy atom. The lowest BCUT2D eigenvalue weighted by Gasteiger charge is -2.32. The lowest BCUT2D eigenvalue weighted by molar-refractivity contribution is -0.126. The molecule has 0 aliphatic carbocycles. The van der Waals surface area contributed by atoms with Gasteiger partial charge in [-0.3, -0.25) is 4.79 Å². The molecule has 33 heavy (non-hydrogen) atoms. The van der Waals surface area contributed by atoms with Crippen molar-refractivity contribution >= 4 is 38.3 Å². The quantitative estimate of drug-likeness (QED) is 0.680. The van der Waals surface area contributed by atoms with Crippen molar-refractivity contribution in [2.45, 2.75) is 39.7 Å². The number of halogens is 1. The summed E-state index contributed by atoms with van der Waals surface area (Å²) in [4.78, 5) is 14.9. The molecule has 1 amide bonds. The number of amides is 1. The molecule has 4 rings (SSSR count). The number of carbonyl (C=O) groups is 1. The first-order valence-corrected chi connectivity index (χ1v) is 13.0. The fourth-order valence-electron chi connectivity index (χ4n) is 4.36. The number of rotatable bonds is 5. The van der Waals surface area contributed by atoms with E-state index < -0.39 is 10.0 Å². The van der Waals surface area contributed by atoms with Gasteiger partial charge in [0, 0.05) is 36.1 Å². The van der Waals surface area contributed by atoms with E-state index in [4.69, 9.17) is 11.6 Å². The molecule has 2 aliphatic heterocycles. The summed E-state index contributed by atoms with van der Waals surface area (Å²) in [6.07, 6.45) is 2.31. The van der Waals surface area contributed by atoms with Gasteiger partial charge in [0.25, 0.3) is 10.0 Å². The molecule has 1 N–H and O–H groups in total. The number of likely N-dealkylation sites (tertiary alicyclic amines) is 1. The van der Waals surface area contributed by atoms with Crippen LogP contribution >= 0.6 is 11.6 Å². The third-order valence-electron chi connectivity index (χ3n) is 6.31. The Hall–Kier alpha value is -2.64. The molecular formula is C25H28ClN3O3S. The van der Waals surface area contributed by atoms with Crippen LogP contribution in [-0.2, 0) is 27.8 Å². The van der Waals surface area contributed by atoms with E-state index in [1.54, 1.807) is 31.2 Å². The van der Waals surface area contributed by atoms with E-state index in [2.05, 4.69) is 28.8 Å². The summed E-state index contributed by atoms with van der Waals surface area (Å²) in [5, 5.41) is 3.59. The van der Waals surface area contributed by atoms with Gasteiger partial charge in [0.1, 0.15) is 10.7 Å². The number of nitrogens with one attached hydrogen (secondary N) is 1. The molecule has 8 heteroatoms. The van der Waals surface area contributed by atoms with Crippen molar-refractivity contribution in [1.82, 2.24) is 10.2 Å². The van der Waals surface area contributed by atoms with Gasteiger partial charge in [-0.15, -0.1) is 4.40 Å². The molecule has 2 aliphatic rings. The van der Waals surface area contributed by atoms with Crippen molar-refractivity contribution in [2.24, 2.45) is 10.3 Å². The van der Waals surface area contributed by atoms with Gasteiger partial charge in [-0.2, -0.15) is 8.42 Å². The molecule has 0 aromatic heterocycles. The number of hydrogen-bond donors (Lipinski definition) is 1. The van der Waals surface area contributed by atoms with Crippen molar-refractivity contribution in [2.75, 3.05) is 13.1 Å². The average molecular weight is 486 g/mol. The largest absolute Gasteiger partial charge is 0.356 e. The van der Waals surface area contributed by atoms with Gasteiger partial charge in [-0.05, 0) is 55.0 Å². The molecule has 6 nitrogen and oxygen atoms in total. The predicted octanol–water partition coefficient (Wildman–Crippen LogP) is 4.40. The molecule has 0 atom stereocenters. The van der Waals surface area contributed by atoms with Crippen LogP contribution in [0.3, 0.4) is 0 Å². The molecule has 2 heterocycles. The Balaban J connectivity index is 1.38. The molecule has 1 saturated heterocycles. The molecule has 2 aromatic carbocycles. The Labute approximate surface area is 200 Å². The van der Waals surface area contributed by atoms with Crippen LogP contribution in [0.1, 0.15) is 43.4 Å². The van der Waals surface area contributed by atoms with Crippen molar-refractivity contribution in [3.8, 4) is 0 Å². The number of nitrogens with zero attached hydrogens (tertiary/aromatic N) is 2. The van der Waals surface area contributed by atoms with Gasteiger partial charge >= 0.3 is 0 Å². The predicted molar refractivity (Wildman–Crippen MR) is 132 cm³/mol. The normalized spacial score (nSPS) is 18.4. The monoisotopic (exact) mass is 485 g/mol. The third-order valence-corrected chi connectivity index (χ3v) is 8.03. The highest BCUT2D eigenvalue weighted by Gasteiger charge is 2.35. The molecule has 0 unspecified atom stereocenters. The van der Waals surface area contributed by atoms with Crippen LogP contribution in [0.4, 0.5) is 0 Å². The summed E-state index contributed by atoms with van der Waals surface area (Å²) in [5.74, 6) is 0.439. The van der Waals surface area contributed by atoms with Crippen LogP contribution < -0.4 is 5.32 Å². The molecule has 0 bridgehead atoms. The highest BCUT2D eigenvalue weighted by Crippen LogP contribution is 2.35. The smallest absolute Gasteiger partial charge is 0.285 e. The summed E-state index contributed by atoms with van der Waals surface area (Å²) < 4.78 is 29.6. The second-order valence-electron chi connectivity index (χ2n) is 8.50. The van der Waals surface area contributed by atoms with Crippen LogP contribution in [0.15, 0.2) is 58.5 Å². The second kappa shape index (κ2) is 9.69. The maximum Gasteiger partial charge on any atom is 0.285 e. The number of carbonyl (C=O) groups excluding carboxylic acids is 1. The number of aryl methyl sites for hydroxylation is 1. The van der Waals surface area contributed by atoms with E-state index in [1.807, 2.05) is 17.0 Å². The third kappa shape index (κ3) is 5.14. The van der Waals surface area contributed by atoms with Gasteiger partial charge in [-0.1, -0.05) is 54.9 Å². The average Bonchev–Trinajstić information content (AvgIpc) is 3.07. The van der Waals surface area contributed by atoms with Crippen LogP contribution in [0.25, 0.3) is 4.91 Å². The molecule has 2 aromatic rings. The Kier molecular flexibility index (Phi) is 6.91. The van der Waals surface area contributed by atoms with Crippen molar-refractivity contribution in [3.05, 3.63) is 75.8 Å². The maximum absolute atomic E-state index is 12.8. The standard InChI is InChI=1S/C25H28ClN3O3S/c1-3-18-4-6-19(7-5-18)16-27-25(30)21-12-14-29(15-13-21)24-17(2)23(33(31,32)28-24)20-8-10-22(26)11-9-20/h4-11,21H,3,12-16H2,1-2H3,(H,27,30). The first-order valence-electron chi connectivity index (χ1n) is 11.2. The van der Waals surface area contributed by atoms with Gasteiger partial charge in [0.05, 0.1) is 0 Å². The lowest BCUT2D eigenvalue weighted by atomic mass is 9.95. The van der Waals surface area contributed by atoms with Crippen LogP contribution in [0.2, 0.25) is 5.02 Å². The minimum Gasteiger partial charge on any atom is -0.356 e. The zero-order valence-electron chi connectivity index (χ0n) is 18.8. The molecular weight excluding hydrogens is 458 g/mol. The minimum atomic E-state index is -3.77. The van der Waals surface area contributed by atoms with Crippen molar-refractivity contribution in [1.29, 1.82) is 0 Å². The number of sulfonamides is 1. The van der Waals surface area contributed by atoms with E-state index in [9.17, 15) is 13.2 Å². The highest BCUT2D eigenvalue weighted by molar-refractivity contribution is 8.00. The van der Waals surface area contributed by atoms with E-state index in [0.717, 1.165) is 12.0 Å². The zero-order valence-corrected chi connectivity index (χ0v) is 20.4. The summed E-state index contributed by atoms with van der Waals surface area (Å²) in [6, 6.07) is 15.0. The maximum atomic E-state index is 12.8. The topological polar surface area (TPSA) is 78.8 Å². The Morgan fingerprint density at radius 3 is 2.27 bits per heavy atom. The van der Waals surface area contributed by atoms with Crippen molar-refractivity contribution < 1.29 is 13.2 Å². The summed E-state index contributed by atoms with van der Waals surface area (Å²) in [7, 11) is -3.77. The number of benzene rings is 2.